The molecule has 4 saturated carbocycles. The van der Waals surface area contributed by atoms with Gasteiger partial charge in [0.25, 0.3) is 11.6 Å². The summed E-state index contributed by atoms with van der Waals surface area (Å²) in [6.45, 7) is 0.756. The molecule has 1 aromatic rings. The number of carbonyl (C=O) groups is 1. The molecule has 5 nitrogen and oxygen atoms in total. The largest absolute Gasteiger partial charge is 0.341 e. The van der Waals surface area contributed by atoms with Crippen molar-refractivity contribution < 1.29 is 9.72 Å². The van der Waals surface area contributed by atoms with E-state index in [4.69, 9.17) is 11.6 Å². The molecule has 0 saturated heterocycles. The van der Waals surface area contributed by atoms with E-state index in [-0.39, 0.29) is 22.0 Å². The van der Waals surface area contributed by atoms with E-state index in [1.54, 1.807) is 11.0 Å². The van der Waals surface area contributed by atoms with Crippen LogP contribution in [0.25, 0.3) is 0 Å². The Morgan fingerprint density at radius 2 is 1.80 bits per heavy atom. The van der Waals surface area contributed by atoms with E-state index in [0.29, 0.717) is 5.56 Å². The molecule has 0 spiro atoms. The summed E-state index contributed by atoms with van der Waals surface area (Å²) in [5.74, 6) is 2.36. The monoisotopic (exact) mass is 362 g/mol. The lowest BCUT2D eigenvalue weighted by atomic mass is 9.49. The van der Waals surface area contributed by atoms with Gasteiger partial charge in [-0.1, -0.05) is 11.6 Å². The number of nitrogens with zero attached hydrogens (tertiary/aromatic N) is 2. The molecule has 134 valence electrons. The van der Waals surface area contributed by atoms with Crippen LogP contribution in [0.15, 0.2) is 18.2 Å². The van der Waals surface area contributed by atoms with Gasteiger partial charge in [-0.3, -0.25) is 14.9 Å². The first kappa shape index (κ1) is 16.8. The second-order valence-electron chi connectivity index (χ2n) is 8.50. The number of nitro groups is 1. The second-order valence-corrected chi connectivity index (χ2v) is 8.91. The van der Waals surface area contributed by atoms with Crippen LogP contribution in [0.3, 0.4) is 0 Å². The van der Waals surface area contributed by atoms with E-state index < -0.39 is 4.92 Å². The third kappa shape index (κ3) is 3.03. The number of rotatable bonds is 4. The highest BCUT2D eigenvalue weighted by Crippen LogP contribution is 2.60. The molecule has 0 N–H and O–H groups in total. The van der Waals surface area contributed by atoms with Gasteiger partial charge in [0, 0.05) is 25.2 Å². The van der Waals surface area contributed by atoms with Crippen molar-refractivity contribution in [1.82, 2.24) is 4.90 Å². The van der Waals surface area contributed by atoms with Crippen molar-refractivity contribution in [2.24, 2.45) is 23.2 Å². The van der Waals surface area contributed by atoms with Crippen molar-refractivity contribution in [3.63, 3.8) is 0 Å². The van der Waals surface area contributed by atoms with Gasteiger partial charge in [-0.25, -0.2) is 0 Å². The van der Waals surface area contributed by atoms with Gasteiger partial charge < -0.3 is 4.90 Å². The van der Waals surface area contributed by atoms with Crippen LogP contribution >= 0.6 is 11.6 Å². The average molecular weight is 363 g/mol. The molecule has 0 radical (unpaired) electrons. The Bertz CT molecular complexity index is 698. The zero-order valence-electron chi connectivity index (χ0n) is 14.4. The quantitative estimate of drug-likeness (QED) is 0.583. The summed E-state index contributed by atoms with van der Waals surface area (Å²) < 4.78 is 0. The molecule has 25 heavy (non-hydrogen) atoms. The highest BCUT2D eigenvalue weighted by Gasteiger charge is 2.51. The van der Waals surface area contributed by atoms with E-state index in [1.807, 2.05) is 7.05 Å². The van der Waals surface area contributed by atoms with E-state index in [9.17, 15) is 14.9 Å². The van der Waals surface area contributed by atoms with Gasteiger partial charge in [0.1, 0.15) is 5.02 Å². The minimum Gasteiger partial charge on any atom is -0.341 e. The SMILES string of the molecule is CN(CC12CC3CC(CC(C3)C1)C2)C(=O)c1ccc(Cl)c([N+](=O)[O-])c1. The maximum absolute atomic E-state index is 12.8. The molecule has 0 heterocycles. The zero-order chi connectivity index (χ0) is 17.8. The lowest BCUT2D eigenvalue weighted by Crippen LogP contribution is -2.51. The molecule has 4 aliphatic rings. The van der Waals surface area contributed by atoms with E-state index in [1.165, 1.54) is 50.7 Å². The first-order valence-electron chi connectivity index (χ1n) is 9.05. The fourth-order valence-corrected chi connectivity index (χ4v) is 6.25. The number of hydrogen-bond donors (Lipinski definition) is 0. The van der Waals surface area contributed by atoms with Gasteiger partial charge in [-0.2, -0.15) is 0 Å². The van der Waals surface area contributed by atoms with Crippen LogP contribution in [-0.4, -0.2) is 29.3 Å². The Kier molecular flexibility index (Phi) is 4.02. The Morgan fingerprint density at radius 1 is 1.24 bits per heavy atom. The number of nitro benzene ring substituents is 1. The summed E-state index contributed by atoms with van der Waals surface area (Å²) >= 11 is 5.85. The fourth-order valence-electron chi connectivity index (χ4n) is 6.06. The molecule has 1 amide bonds. The van der Waals surface area contributed by atoms with Gasteiger partial charge in [-0.15, -0.1) is 0 Å². The summed E-state index contributed by atoms with van der Waals surface area (Å²) in [6, 6.07) is 4.31. The number of halogens is 1. The second kappa shape index (κ2) is 5.97. The molecular weight excluding hydrogens is 340 g/mol. The maximum Gasteiger partial charge on any atom is 0.288 e. The van der Waals surface area contributed by atoms with Crippen molar-refractivity contribution in [2.45, 2.75) is 38.5 Å². The van der Waals surface area contributed by atoms with E-state index >= 15 is 0 Å². The lowest BCUT2D eigenvalue weighted by Gasteiger charge is -2.57. The van der Waals surface area contributed by atoms with Gasteiger partial charge in [0.15, 0.2) is 0 Å². The molecule has 4 fully saturated rings. The normalized spacial score (nSPS) is 32.6. The molecule has 0 aliphatic heterocycles. The van der Waals surface area contributed by atoms with Gasteiger partial charge in [-0.05, 0) is 73.8 Å². The predicted octanol–water partition coefficient (Wildman–Crippen LogP) is 4.54. The van der Waals surface area contributed by atoms with Gasteiger partial charge in [0.05, 0.1) is 4.92 Å². The van der Waals surface area contributed by atoms with E-state index in [0.717, 1.165) is 24.3 Å². The smallest absolute Gasteiger partial charge is 0.288 e. The molecule has 4 bridgehead atoms. The van der Waals surface area contributed by atoms with Crippen LogP contribution < -0.4 is 0 Å². The molecule has 0 aromatic heterocycles. The zero-order valence-corrected chi connectivity index (χ0v) is 15.2. The van der Waals surface area contributed by atoms with Crippen LogP contribution in [0.4, 0.5) is 5.69 Å². The molecule has 5 rings (SSSR count). The third-order valence-corrected chi connectivity index (χ3v) is 6.79. The number of carbonyl (C=O) groups excluding carboxylic acids is 1. The first-order chi connectivity index (χ1) is 11.8. The maximum atomic E-state index is 12.8. The summed E-state index contributed by atoms with van der Waals surface area (Å²) in [5.41, 5.74) is 0.386. The molecule has 0 unspecified atom stereocenters. The van der Waals surface area contributed by atoms with Crippen LogP contribution in [0.1, 0.15) is 48.9 Å². The molecule has 1 aromatic carbocycles. The van der Waals surface area contributed by atoms with Crippen molar-refractivity contribution in [3.05, 3.63) is 38.9 Å². The molecule has 4 aliphatic carbocycles. The fraction of sp³-hybridized carbons (Fsp3) is 0.632. The minimum atomic E-state index is -0.543. The number of amides is 1. The molecule has 0 atom stereocenters. The summed E-state index contributed by atoms with van der Waals surface area (Å²) in [6.07, 6.45) is 7.83. The van der Waals surface area contributed by atoms with Crippen LogP contribution in [-0.2, 0) is 0 Å². The lowest BCUT2D eigenvalue weighted by molar-refractivity contribution is -0.384. The Balaban J connectivity index is 1.51. The highest BCUT2D eigenvalue weighted by molar-refractivity contribution is 6.32. The van der Waals surface area contributed by atoms with Crippen LogP contribution in [0, 0.1) is 33.3 Å². The Hall–Kier alpha value is -1.62. The predicted molar refractivity (Wildman–Crippen MR) is 95.7 cm³/mol. The Labute approximate surface area is 152 Å². The highest BCUT2D eigenvalue weighted by atomic mass is 35.5. The standard InChI is InChI=1S/C19H23ClN2O3/c1-21(18(23)15-2-3-16(20)17(7-15)22(24)25)11-19-8-12-4-13(9-19)6-14(5-12)10-19/h2-3,7,12-14H,4-6,8-11H2,1H3. The van der Waals surface area contributed by atoms with Crippen LogP contribution in [0.5, 0.6) is 0 Å². The first-order valence-corrected chi connectivity index (χ1v) is 9.42. The summed E-state index contributed by atoms with van der Waals surface area (Å²) in [7, 11) is 1.82. The molecule has 6 heteroatoms. The summed E-state index contributed by atoms with van der Waals surface area (Å²) in [5, 5.41) is 11.1. The van der Waals surface area contributed by atoms with Crippen molar-refractivity contribution in [3.8, 4) is 0 Å². The van der Waals surface area contributed by atoms with E-state index in [2.05, 4.69) is 0 Å². The Morgan fingerprint density at radius 3 is 2.32 bits per heavy atom. The van der Waals surface area contributed by atoms with Crippen LogP contribution in [0.2, 0.25) is 5.02 Å². The molecular formula is C19H23ClN2O3. The number of benzene rings is 1. The van der Waals surface area contributed by atoms with Gasteiger partial charge >= 0.3 is 0 Å². The van der Waals surface area contributed by atoms with Crippen molar-refractivity contribution in [2.75, 3.05) is 13.6 Å². The van der Waals surface area contributed by atoms with Gasteiger partial charge in [0.2, 0.25) is 0 Å². The topological polar surface area (TPSA) is 63.5 Å². The number of hydrogen-bond acceptors (Lipinski definition) is 3. The average Bonchev–Trinajstić information content (AvgIpc) is 2.52. The minimum absolute atomic E-state index is 0.0605. The van der Waals surface area contributed by atoms with Crippen molar-refractivity contribution in [1.29, 1.82) is 0 Å². The third-order valence-electron chi connectivity index (χ3n) is 6.47. The van der Waals surface area contributed by atoms with Crippen molar-refractivity contribution >= 4 is 23.2 Å². The summed E-state index contributed by atoms with van der Waals surface area (Å²) in [4.78, 5) is 25.1.